The molecule has 0 amide bonds. The molecule has 0 unspecified atom stereocenters. The summed E-state index contributed by atoms with van der Waals surface area (Å²) in [6, 6.07) is 34.5. The van der Waals surface area contributed by atoms with Gasteiger partial charge in [-0.15, -0.1) is 0 Å². The van der Waals surface area contributed by atoms with E-state index in [0.29, 0.717) is 55.4 Å². The predicted molar refractivity (Wildman–Crippen MR) is 405 cm³/mol. The first-order valence-electron chi connectivity index (χ1n) is 31.9. The third-order valence-corrected chi connectivity index (χ3v) is 41.9. The summed E-state index contributed by atoms with van der Waals surface area (Å²) in [4.78, 5) is 11.2. The Morgan fingerprint density at radius 1 is 0.418 bits per heavy atom. The van der Waals surface area contributed by atoms with Gasteiger partial charge in [0.2, 0.25) is 0 Å². The van der Waals surface area contributed by atoms with Gasteiger partial charge in [0.25, 0.3) is 0 Å². The normalized spacial score (nSPS) is 12.6. The van der Waals surface area contributed by atoms with Crippen LogP contribution in [0.3, 0.4) is 0 Å². The van der Waals surface area contributed by atoms with E-state index in [9.17, 15) is 0 Å². The van der Waals surface area contributed by atoms with Crippen LogP contribution in [0.2, 0.25) is 33.2 Å². The van der Waals surface area contributed by atoms with E-state index < -0.39 is 58.1 Å². The minimum absolute atomic E-state index is 0.275. The molecule has 0 aliphatic heterocycles. The van der Waals surface area contributed by atoms with Gasteiger partial charge in [0.15, 0.2) is 0 Å². The fourth-order valence-corrected chi connectivity index (χ4v) is 34.9. The van der Waals surface area contributed by atoms with Crippen LogP contribution in [0, 0.1) is 41.5 Å². The Morgan fingerprint density at radius 2 is 0.813 bits per heavy atom. The molecule has 5 aromatic carbocycles. The molecule has 4 nitrogen and oxygen atoms in total. The van der Waals surface area contributed by atoms with Crippen molar-refractivity contribution in [1.82, 2.24) is 12.8 Å². The molecule has 0 aliphatic rings. The average molecular weight is 1570 g/mol. The third kappa shape index (κ3) is 11.7. The van der Waals surface area contributed by atoms with Crippen molar-refractivity contribution in [3.05, 3.63) is 130 Å². The zero-order chi connectivity index (χ0) is 63.9. The standard InChI is InChI=1S/C75H74F2N4S6Si2Te2/c1-15-16-17-18-19-49-21-23-63(83-49)65-27-25-61(85-65)57-37-59(77)71(75-73(57)79-91-81-75)69-35-48-33-53-50(28-30-88(40(2)3,41(4)5)42(6)7)52-32-47-34-68(70-58(76)36-56(72-74(70)80-90-78-72)60-24-26-64(84-60)62-22-20-46(14)82-62)86-66(47)38-54(52)51(55(53)39-67(48)87-69)29-31-89(43(8)9,44(10)11)45(12)13/h20-27,32-45H,15-19H2,1-14H3. The van der Waals surface area contributed by atoms with Crippen molar-refractivity contribution in [2.24, 2.45) is 0 Å². The molecule has 13 aromatic rings. The van der Waals surface area contributed by atoms with E-state index in [1.165, 1.54) is 54.9 Å². The van der Waals surface area contributed by atoms with Crippen LogP contribution in [-0.4, -0.2) is 71.0 Å². The van der Waals surface area contributed by atoms with Gasteiger partial charge in [0.05, 0.1) is 0 Å². The zero-order valence-corrected chi connectivity index (χ0v) is 65.6. The van der Waals surface area contributed by atoms with Crippen molar-refractivity contribution < 1.29 is 8.78 Å². The van der Waals surface area contributed by atoms with Crippen LogP contribution in [0.15, 0.2) is 97.1 Å². The van der Waals surface area contributed by atoms with Gasteiger partial charge in [-0.05, 0) is 33.2 Å². The molecule has 0 N–H and O–H groups in total. The summed E-state index contributed by atoms with van der Waals surface area (Å²) in [6.07, 6.45) is 6.12. The Hall–Kier alpha value is -4.47. The molecule has 0 fully saturated rings. The summed E-state index contributed by atoms with van der Waals surface area (Å²) in [7, 11) is -4.57. The van der Waals surface area contributed by atoms with Crippen molar-refractivity contribution in [2.45, 2.75) is 162 Å². The van der Waals surface area contributed by atoms with E-state index in [0.717, 1.165) is 101 Å². The van der Waals surface area contributed by atoms with Gasteiger partial charge < -0.3 is 0 Å². The molecule has 8 heterocycles. The van der Waals surface area contributed by atoms with E-state index in [1.54, 1.807) is 68.8 Å². The van der Waals surface area contributed by atoms with Crippen LogP contribution in [0.25, 0.3) is 125 Å². The summed E-state index contributed by atoms with van der Waals surface area (Å²) in [5.41, 5.74) is 18.5. The van der Waals surface area contributed by atoms with Gasteiger partial charge >= 0.3 is 452 Å². The average Bonchev–Trinajstić information content (AvgIpc) is 0.950. The summed E-state index contributed by atoms with van der Waals surface area (Å²) in [6.45, 7) is 32.9. The van der Waals surface area contributed by atoms with Gasteiger partial charge in [-0.3, -0.25) is 0 Å². The van der Waals surface area contributed by atoms with Crippen LogP contribution >= 0.6 is 68.0 Å². The third-order valence-electron chi connectivity index (χ3n) is 19.3. The summed E-state index contributed by atoms with van der Waals surface area (Å²) in [5.74, 6) is 7.57. The van der Waals surface area contributed by atoms with Crippen LogP contribution in [-0.2, 0) is 6.42 Å². The Bertz CT molecular complexity index is 4890. The topological polar surface area (TPSA) is 51.6 Å². The fourth-order valence-electron chi connectivity index (χ4n) is 14.8. The van der Waals surface area contributed by atoms with Gasteiger partial charge in [0, 0.05) is 0 Å². The second-order valence-corrected chi connectivity index (χ2v) is 47.4. The van der Waals surface area contributed by atoms with Gasteiger partial charge in [-0.1, -0.05) is 103 Å². The molecular weight excluding hydrogens is 1500 g/mol. The van der Waals surface area contributed by atoms with Crippen molar-refractivity contribution in [1.29, 1.82) is 0 Å². The summed E-state index contributed by atoms with van der Waals surface area (Å²) >= 11 is 8.09. The van der Waals surface area contributed by atoms with Gasteiger partial charge in [0.1, 0.15) is 0 Å². The number of halogens is 2. The second-order valence-electron chi connectivity index (χ2n) is 26.4. The molecule has 8 aromatic heterocycles. The van der Waals surface area contributed by atoms with E-state index in [4.69, 9.17) is 12.8 Å². The van der Waals surface area contributed by atoms with E-state index in [2.05, 4.69) is 205 Å². The Morgan fingerprint density at radius 3 is 1.24 bits per heavy atom. The maximum atomic E-state index is 17.5. The summed E-state index contributed by atoms with van der Waals surface area (Å²) < 4.78 is 57.2. The Kier molecular flexibility index (Phi) is 18.8. The van der Waals surface area contributed by atoms with Crippen molar-refractivity contribution in [3.63, 3.8) is 0 Å². The molecule has 0 spiro atoms. The van der Waals surface area contributed by atoms with Gasteiger partial charge in [-0.2, -0.15) is 0 Å². The molecule has 464 valence electrons. The van der Waals surface area contributed by atoms with E-state index >= 15 is 8.78 Å². The SMILES string of the molecule is CCCCCCc1ccc(-c2ccc(-c3cc(F)c(-c4cc5cc6c(C#C[Si](C(C)C)(C(C)C)C(C)C)c7cc8cc(-c9c(F)cc(-c%10ccc(-c%11ccc(C)s%11)s%10)c%10n[te]nc9%10)sc8cc7c(C#C[Si](C(C)C)(C(C)C)C(C)C)c6cc5s4)c4n[te]nc34)s2)s1. The fraction of sp³-hybridized carbons (Fsp3) is 0.333. The quantitative estimate of drug-likeness (QED) is 0.0395. The molecule has 0 atom stereocenters. The molecular formula is C75H74F2N4S6Si2Te2. The summed E-state index contributed by atoms with van der Waals surface area (Å²) in [5, 5.41) is 6.26. The first-order valence-corrected chi connectivity index (χ1v) is 45.5. The first-order chi connectivity index (χ1) is 43.7. The second kappa shape index (κ2) is 26.3. The monoisotopic (exact) mass is 1580 g/mol. The number of hydrogen-bond donors (Lipinski definition) is 0. The van der Waals surface area contributed by atoms with E-state index in [-0.39, 0.29) is 11.6 Å². The van der Waals surface area contributed by atoms with Crippen LogP contribution in [0.4, 0.5) is 8.78 Å². The zero-order valence-electron chi connectivity index (χ0n) is 54.0. The number of fused-ring (bicyclic) bond motifs is 6. The number of thiophene rings is 6. The number of hydrogen-bond acceptors (Lipinski definition) is 10. The number of unbranched alkanes of at least 4 members (excludes halogenated alkanes) is 3. The molecule has 16 heteroatoms. The number of aryl methyl sites for hydroxylation is 2. The molecule has 0 saturated heterocycles. The van der Waals surface area contributed by atoms with Crippen molar-refractivity contribution in [2.75, 3.05) is 0 Å². The van der Waals surface area contributed by atoms with Crippen LogP contribution in [0.5, 0.6) is 0 Å². The van der Waals surface area contributed by atoms with Crippen molar-refractivity contribution >= 4 is 190 Å². The number of rotatable bonds is 17. The number of nitrogens with zero attached hydrogens (tertiary/aromatic N) is 4. The Balaban J connectivity index is 1.01. The molecule has 0 aliphatic carbocycles. The number of aromatic nitrogens is 4. The molecule has 0 saturated carbocycles. The van der Waals surface area contributed by atoms with E-state index in [1.807, 2.05) is 11.3 Å². The first kappa shape index (κ1) is 65.2. The van der Waals surface area contributed by atoms with Crippen molar-refractivity contribution in [3.8, 4) is 84.2 Å². The molecule has 13 rings (SSSR count). The maximum absolute atomic E-state index is 17.5. The Labute approximate surface area is 581 Å². The van der Waals surface area contributed by atoms with Crippen LogP contribution in [0.1, 0.15) is 137 Å². The predicted octanol–water partition coefficient (Wildman–Crippen LogP) is 24.5. The minimum atomic E-state index is -2.29. The molecule has 0 radical (unpaired) electrons. The van der Waals surface area contributed by atoms with Gasteiger partial charge in [-0.25, -0.2) is 0 Å². The molecule has 0 bridgehead atoms. The van der Waals surface area contributed by atoms with Crippen LogP contribution < -0.4 is 0 Å². The number of benzene rings is 5. The molecule has 91 heavy (non-hydrogen) atoms.